The fourth-order valence-electron chi connectivity index (χ4n) is 3.85. The second kappa shape index (κ2) is 12.7. The molecule has 9 heteroatoms. The van der Waals surface area contributed by atoms with Crippen LogP contribution in [0.15, 0.2) is 89.8 Å². The number of ether oxygens (including phenoxy) is 2. The molecular weight excluding hydrogens is 506 g/mol. The topological polar surface area (TPSA) is 122 Å². The van der Waals surface area contributed by atoms with Gasteiger partial charge in [-0.2, -0.15) is 8.42 Å². The molecule has 2 unspecified atom stereocenters. The summed E-state index contributed by atoms with van der Waals surface area (Å²) in [6, 6.07) is 23.0. The Balaban J connectivity index is 1.84. The molecule has 3 rings (SSSR count). The summed E-state index contributed by atoms with van der Waals surface area (Å²) in [4.78, 5) is 25.9. The molecule has 2 atom stereocenters. The number of carbonyl (C=O) groups excluding carboxylic acids is 2. The van der Waals surface area contributed by atoms with Crippen molar-refractivity contribution in [2.24, 2.45) is 11.7 Å². The first kappa shape index (κ1) is 28.9. The fraction of sp³-hybridized carbons (Fsp3) is 0.310. The van der Waals surface area contributed by atoms with E-state index in [1.54, 1.807) is 51.1 Å². The molecule has 0 aliphatic rings. The molecular formula is C29H33NO7S. The van der Waals surface area contributed by atoms with Gasteiger partial charge in [0.05, 0.1) is 12.3 Å². The van der Waals surface area contributed by atoms with Crippen molar-refractivity contribution in [1.82, 2.24) is 0 Å². The van der Waals surface area contributed by atoms with E-state index in [4.69, 9.17) is 19.4 Å². The van der Waals surface area contributed by atoms with Crippen LogP contribution in [0.2, 0.25) is 0 Å². The minimum Gasteiger partial charge on any atom is -0.460 e. The van der Waals surface area contributed by atoms with Gasteiger partial charge in [-0.05, 0) is 68.6 Å². The van der Waals surface area contributed by atoms with Gasteiger partial charge in [0, 0.05) is 0 Å². The van der Waals surface area contributed by atoms with Crippen molar-refractivity contribution in [3.05, 3.63) is 96.1 Å². The Morgan fingerprint density at radius 1 is 0.868 bits per heavy atom. The van der Waals surface area contributed by atoms with Gasteiger partial charge < -0.3 is 19.4 Å². The molecule has 0 aliphatic heterocycles. The third kappa shape index (κ3) is 8.43. The molecule has 8 nitrogen and oxygen atoms in total. The Kier molecular flexibility index (Phi) is 9.66. The zero-order valence-corrected chi connectivity index (χ0v) is 22.5. The smallest absolute Gasteiger partial charge is 0.339 e. The van der Waals surface area contributed by atoms with Gasteiger partial charge in [0.1, 0.15) is 22.9 Å². The first-order valence-corrected chi connectivity index (χ1v) is 13.6. The third-order valence-corrected chi connectivity index (χ3v) is 6.84. The Labute approximate surface area is 223 Å². The van der Waals surface area contributed by atoms with Gasteiger partial charge in [0.2, 0.25) is 0 Å². The number of nitrogens with two attached hydrogens (primary N) is 1. The minimum atomic E-state index is -4.03. The second-order valence-electron chi connectivity index (χ2n) is 9.78. The second-order valence-corrected chi connectivity index (χ2v) is 11.3. The predicted molar refractivity (Wildman–Crippen MR) is 143 cm³/mol. The average molecular weight is 540 g/mol. The van der Waals surface area contributed by atoms with Crippen molar-refractivity contribution in [2.45, 2.75) is 50.2 Å². The molecule has 0 bridgehead atoms. The quantitative estimate of drug-likeness (QED) is 0.277. The summed E-state index contributed by atoms with van der Waals surface area (Å²) in [5.74, 6) is -2.48. The van der Waals surface area contributed by atoms with Gasteiger partial charge in [0.25, 0.3) is 0 Å². The first-order valence-electron chi connectivity index (χ1n) is 12.2. The van der Waals surface area contributed by atoms with Crippen molar-refractivity contribution in [3.63, 3.8) is 0 Å². The van der Waals surface area contributed by atoms with Crippen molar-refractivity contribution in [3.8, 4) is 5.75 Å². The van der Waals surface area contributed by atoms with Gasteiger partial charge in [0.15, 0.2) is 0 Å². The predicted octanol–water partition coefficient (Wildman–Crippen LogP) is 4.59. The highest BCUT2D eigenvalue weighted by Crippen LogP contribution is 2.31. The Bertz CT molecular complexity index is 1300. The van der Waals surface area contributed by atoms with E-state index < -0.39 is 39.5 Å². The molecule has 0 spiro atoms. The molecule has 2 N–H and O–H groups in total. The molecule has 0 amide bonds. The molecule has 0 fully saturated rings. The van der Waals surface area contributed by atoms with E-state index in [1.807, 2.05) is 30.3 Å². The largest absolute Gasteiger partial charge is 0.460 e. The first-order chi connectivity index (χ1) is 18.0. The summed E-state index contributed by atoms with van der Waals surface area (Å²) in [6.45, 7) is 5.35. The Morgan fingerprint density at radius 2 is 1.45 bits per heavy atom. The van der Waals surface area contributed by atoms with E-state index in [1.165, 1.54) is 24.3 Å². The number of carbonyl (C=O) groups is 2. The molecule has 3 aromatic carbocycles. The lowest BCUT2D eigenvalue weighted by atomic mass is 9.83. The Morgan fingerprint density at radius 3 is 2.00 bits per heavy atom. The minimum absolute atomic E-state index is 0.0188. The normalized spacial score (nSPS) is 13.3. The summed E-state index contributed by atoms with van der Waals surface area (Å²) < 4.78 is 41.5. The van der Waals surface area contributed by atoms with Crippen molar-refractivity contribution in [1.29, 1.82) is 0 Å². The Hall–Kier alpha value is -3.69. The van der Waals surface area contributed by atoms with Crippen molar-refractivity contribution >= 4 is 22.1 Å². The number of rotatable bonds is 11. The van der Waals surface area contributed by atoms with E-state index in [9.17, 15) is 18.0 Å². The standard InChI is InChI=1S/C29H33NO7S/c1-29(2,3)36-26(31)18-23(19-30)27(28(32)35-20-21-10-6-4-7-11-21)22-14-16-24(17-15-22)37-38(33,34)25-12-8-5-9-13-25/h4-17,23,27H,18-20,30H2,1-3H3. The number of benzene rings is 3. The van der Waals surface area contributed by atoms with E-state index in [2.05, 4.69) is 0 Å². The van der Waals surface area contributed by atoms with Crippen LogP contribution < -0.4 is 9.92 Å². The van der Waals surface area contributed by atoms with Crippen LogP contribution in [-0.2, 0) is 35.8 Å². The third-order valence-electron chi connectivity index (χ3n) is 5.58. The highest BCUT2D eigenvalue weighted by atomic mass is 32.2. The van der Waals surface area contributed by atoms with E-state index in [0.29, 0.717) is 5.56 Å². The summed E-state index contributed by atoms with van der Waals surface area (Å²) in [5.41, 5.74) is 6.65. The van der Waals surface area contributed by atoms with Crippen molar-refractivity contribution in [2.75, 3.05) is 6.54 Å². The van der Waals surface area contributed by atoms with Crippen molar-refractivity contribution < 1.29 is 31.7 Å². The summed E-state index contributed by atoms with van der Waals surface area (Å²) in [6.07, 6.45) is -0.0977. The molecule has 0 saturated carbocycles. The van der Waals surface area contributed by atoms with Gasteiger partial charge in [-0.15, -0.1) is 0 Å². The summed E-state index contributed by atoms with van der Waals surface area (Å²) >= 11 is 0. The van der Waals surface area contributed by atoms with Crippen LogP contribution in [0.1, 0.15) is 44.2 Å². The maximum atomic E-state index is 13.3. The average Bonchev–Trinajstić information content (AvgIpc) is 2.88. The maximum Gasteiger partial charge on any atom is 0.339 e. The highest BCUT2D eigenvalue weighted by Gasteiger charge is 2.33. The molecule has 38 heavy (non-hydrogen) atoms. The molecule has 3 aromatic rings. The monoisotopic (exact) mass is 539 g/mol. The van der Waals surface area contributed by atoms with E-state index in [0.717, 1.165) is 5.56 Å². The number of hydrogen-bond donors (Lipinski definition) is 1. The molecule has 0 aromatic heterocycles. The highest BCUT2D eigenvalue weighted by molar-refractivity contribution is 7.87. The lowest BCUT2D eigenvalue weighted by molar-refractivity contribution is -0.157. The summed E-state index contributed by atoms with van der Waals surface area (Å²) in [5, 5.41) is 0. The van der Waals surface area contributed by atoms with Gasteiger partial charge >= 0.3 is 22.1 Å². The van der Waals surface area contributed by atoms with Crippen LogP contribution >= 0.6 is 0 Å². The SMILES string of the molecule is CC(C)(C)OC(=O)CC(CN)C(C(=O)OCc1ccccc1)c1ccc(OS(=O)(=O)c2ccccc2)cc1. The van der Waals surface area contributed by atoms with Crippen LogP contribution in [0.5, 0.6) is 5.75 Å². The zero-order chi connectivity index (χ0) is 27.8. The number of esters is 2. The van der Waals surface area contributed by atoms with Crippen LogP contribution in [-0.4, -0.2) is 32.5 Å². The number of hydrogen-bond acceptors (Lipinski definition) is 8. The van der Waals surface area contributed by atoms with Crippen LogP contribution in [0.3, 0.4) is 0 Å². The zero-order valence-electron chi connectivity index (χ0n) is 21.7. The van der Waals surface area contributed by atoms with E-state index in [-0.39, 0.29) is 30.2 Å². The molecule has 0 aliphatic carbocycles. The van der Waals surface area contributed by atoms with Gasteiger partial charge in [-0.1, -0.05) is 60.7 Å². The molecule has 0 saturated heterocycles. The van der Waals surface area contributed by atoms with E-state index >= 15 is 0 Å². The fourth-order valence-corrected chi connectivity index (χ4v) is 4.80. The van der Waals surface area contributed by atoms with Crippen LogP contribution in [0.4, 0.5) is 0 Å². The summed E-state index contributed by atoms with van der Waals surface area (Å²) in [7, 11) is -4.03. The van der Waals surface area contributed by atoms with Gasteiger partial charge in [-0.25, -0.2) is 0 Å². The lowest BCUT2D eigenvalue weighted by Gasteiger charge is -2.26. The van der Waals surface area contributed by atoms with Crippen LogP contribution in [0.25, 0.3) is 0 Å². The molecule has 202 valence electrons. The maximum absolute atomic E-state index is 13.3. The molecule has 0 radical (unpaired) electrons. The van der Waals surface area contributed by atoms with Gasteiger partial charge in [-0.3, -0.25) is 9.59 Å². The molecule has 0 heterocycles. The lowest BCUT2D eigenvalue weighted by Crippen LogP contribution is -2.33. The van der Waals surface area contributed by atoms with Crippen LogP contribution in [0, 0.1) is 5.92 Å².